The Kier molecular flexibility index (Phi) is 7.23. The molecule has 0 aromatic rings. The summed E-state index contributed by atoms with van der Waals surface area (Å²) >= 11 is 0. The van der Waals surface area contributed by atoms with Crippen molar-refractivity contribution in [1.82, 2.24) is 0 Å². The van der Waals surface area contributed by atoms with Crippen molar-refractivity contribution in [2.45, 2.75) is 55.4 Å². The Morgan fingerprint density at radius 1 is 0.632 bits per heavy atom. The summed E-state index contributed by atoms with van der Waals surface area (Å²) in [5.41, 5.74) is 8.49. The van der Waals surface area contributed by atoms with Crippen LogP contribution in [0, 0.1) is 24.0 Å². The fourth-order valence-corrected chi connectivity index (χ4v) is 2.32. The molecule has 2 rings (SSSR count). The van der Waals surface area contributed by atoms with Crippen LogP contribution in [0.5, 0.6) is 0 Å². The van der Waals surface area contributed by atoms with Crippen LogP contribution in [0.15, 0.2) is 33.4 Å². The van der Waals surface area contributed by atoms with Crippen molar-refractivity contribution in [2.75, 3.05) is 0 Å². The summed E-state index contributed by atoms with van der Waals surface area (Å²) in [6.45, 7) is 17.3. The second-order valence-electron chi connectivity index (χ2n) is 5.60. The van der Waals surface area contributed by atoms with Crippen LogP contribution in [0.25, 0.3) is 0 Å². The topological polar surface area (TPSA) is 0 Å². The predicted octanol–water partition coefficient (Wildman–Crippen LogP) is 5.44. The van der Waals surface area contributed by atoms with Crippen molar-refractivity contribution >= 4 is 0 Å². The zero-order valence-corrected chi connectivity index (χ0v) is 15.2. The molecule has 0 nitrogen and oxygen atoms in total. The van der Waals surface area contributed by atoms with Crippen molar-refractivity contribution in [1.29, 1.82) is 0 Å². The van der Waals surface area contributed by atoms with Crippen molar-refractivity contribution < 1.29 is 19.5 Å². The van der Waals surface area contributed by atoms with Gasteiger partial charge in [0.25, 0.3) is 0 Å². The minimum Gasteiger partial charge on any atom is -0.266 e. The van der Waals surface area contributed by atoms with E-state index >= 15 is 0 Å². The molecule has 0 N–H and O–H groups in total. The van der Waals surface area contributed by atoms with E-state index in [0.29, 0.717) is 11.8 Å². The van der Waals surface area contributed by atoms with Gasteiger partial charge in [-0.3, -0.25) is 12.2 Å². The Hall–Kier alpha value is -0.417. The zero-order chi connectivity index (χ0) is 14.0. The van der Waals surface area contributed by atoms with Gasteiger partial charge in [0.05, 0.1) is 0 Å². The standard InChI is InChI=1S/2C9H13.Ru/c2*1-6-5-7(2)9(4)8(6)3;/h2*6H,1-4H3;/q2*-1;+2. The molecule has 0 amide bonds. The first kappa shape index (κ1) is 18.6. The molecule has 0 spiro atoms. The molecule has 0 saturated carbocycles. The smallest absolute Gasteiger partial charge is 0.266 e. The second-order valence-corrected chi connectivity index (χ2v) is 5.60. The van der Waals surface area contributed by atoms with E-state index in [1.54, 1.807) is 0 Å². The minimum absolute atomic E-state index is 0. The van der Waals surface area contributed by atoms with Gasteiger partial charge < -0.3 is 0 Å². The SMILES string of the molecule is CC1=[C-]C(C)C(C)=C1C.CC1=[C-]C(C)C(C)=C1C.[Ru+2]. The van der Waals surface area contributed by atoms with E-state index in [-0.39, 0.29) is 19.5 Å². The van der Waals surface area contributed by atoms with E-state index in [9.17, 15) is 0 Å². The average Bonchev–Trinajstić information content (AvgIpc) is 2.66. The van der Waals surface area contributed by atoms with Crippen LogP contribution in [0.2, 0.25) is 0 Å². The Morgan fingerprint density at radius 2 is 0.895 bits per heavy atom. The second kappa shape index (κ2) is 7.39. The normalized spacial score (nSPS) is 25.7. The van der Waals surface area contributed by atoms with Gasteiger partial charge in [-0.15, -0.1) is 13.8 Å². The molecule has 2 atom stereocenters. The van der Waals surface area contributed by atoms with Gasteiger partial charge in [0, 0.05) is 0 Å². The summed E-state index contributed by atoms with van der Waals surface area (Å²) in [6, 6.07) is 0. The molecule has 0 aliphatic heterocycles. The molecule has 0 bridgehead atoms. The molecule has 2 unspecified atom stereocenters. The monoisotopic (exact) mass is 344 g/mol. The fourth-order valence-electron chi connectivity index (χ4n) is 2.32. The maximum atomic E-state index is 3.36. The number of hydrogen-bond acceptors (Lipinski definition) is 0. The number of rotatable bonds is 0. The number of hydrogen-bond donors (Lipinski definition) is 0. The van der Waals surface area contributed by atoms with E-state index in [2.05, 4.69) is 67.5 Å². The summed E-state index contributed by atoms with van der Waals surface area (Å²) in [7, 11) is 0. The van der Waals surface area contributed by atoms with Gasteiger partial charge >= 0.3 is 19.5 Å². The van der Waals surface area contributed by atoms with E-state index < -0.39 is 0 Å². The van der Waals surface area contributed by atoms with Crippen LogP contribution in [-0.4, -0.2) is 0 Å². The number of allylic oxidation sites excluding steroid dienone is 8. The molecule has 0 fully saturated rings. The Morgan fingerprint density at radius 3 is 0.947 bits per heavy atom. The van der Waals surface area contributed by atoms with Crippen molar-refractivity contribution in [3.05, 3.63) is 45.6 Å². The molecule has 2 aliphatic rings. The van der Waals surface area contributed by atoms with Crippen LogP contribution >= 0.6 is 0 Å². The first-order chi connectivity index (χ1) is 8.25. The molecule has 1 heteroatoms. The molecule has 0 heterocycles. The Bertz CT molecular complexity index is 414. The van der Waals surface area contributed by atoms with Crippen LogP contribution < -0.4 is 0 Å². The Labute approximate surface area is 132 Å². The molecular weight excluding hydrogens is 317 g/mol. The van der Waals surface area contributed by atoms with Gasteiger partial charge in [-0.05, 0) is 0 Å². The average molecular weight is 343 g/mol. The third-order valence-electron chi connectivity index (χ3n) is 4.47. The first-order valence-corrected chi connectivity index (χ1v) is 6.81. The van der Waals surface area contributed by atoms with Crippen LogP contribution in [0.4, 0.5) is 0 Å². The van der Waals surface area contributed by atoms with Gasteiger partial charge in [-0.2, -0.15) is 22.3 Å². The maximum absolute atomic E-state index is 3.36. The van der Waals surface area contributed by atoms with E-state index in [1.165, 1.54) is 33.4 Å². The molecule has 0 radical (unpaired) electrons. The summed E-state index contributed by atoms with van der Waals surface area (Å²) < 4.78 is 0. The van der Waals surface area contributed by atoms with Crippen LogP contribution in [-0.2, 0) is 19.5 Å². The molecule has 0 aromatic carbocycles. The van der Waals surface area contributed by atoms with Gasteiger partial charge in [0.15, 0.2) is 0 Å². The van der Waals surface area contributed by atoms with Crippen LogP contribution in [0.3, 0.4) is 0 Å². The zero-order valence-electron chi connectivity index (χ0n) is 13.5. The van der Waals surface area contributed by atoms with Crippen molar-refractivity contribution in [3.8, 4) is 0 Å². The summed E-state index contributed by atoms with van der Waals surface area (Å²) in [5.74, 6) is 1.12. The molecule has 0 aromatic heterocycles. The van der Waals surface area contributed by atoms with Crippen molar-refractivity contribution in [3.63, 3.8) is 0 Å². The van der Waals surface area contributed by atoms with Gasteiger partial charge in [-0.25, -0.2) is 11.1 Å². The largest absolute Gasteiger partial charge is 2.00 e. The Balaban J connectivity index is 0.000000324. The fraction of sp³-hybridized carbons (Fsp3) is 0.556. The molecule has 106 valence electrons. The molecule has 0 saturated heterocycles. The molecular formula is C18H26Ru. The summed E-state index contributed by atoms with van der Waals surface area (Å²) in [6.07, 6.45) is 6.72. The van der Waals surface area contributed by atoms with E-state index in [1.807, 2.05) is 0 Å². The summed E-state index contributed by atoms with van der Waals surface area (Å²) in [4.78, 5) is 0. The summed E-state index contributed by atoms with van der Waals surface area (Å²) in [5, 5.41) is 0. The van der Waals surface area contributed by atoms with E-state index in [0.717, 1.165) is 0 Å². The minimum atomic E-state index is 0. The third kappa shape index (κ3) is 4.28. The predicted molar refractivity (Wildman–Crippen MR) is 79.9 cm³/mol. The first-order valence-electron chi connectivity index (χ1n) is 6.81. The van der Waals surface area contributed by atoms with E-state index in [4.69, 9.17) is 0 Å². The van der Waals surface area contributed by atoms with Gasteiger partial charge in [-0.1, -0.05) is 53.4 Å². The quantitative estimate of drug-likeness (QED) is 0.406. The maximum Gasteiger partial charge on any atom is 2.00 e. The molecule has 19 heavy (non-hydrogen) atoms. The van der Waals surface area contributed by atoms with Gasteiger partial charge in [0.1, 0.15) is 0 Å². The third-order valence-corrected chi connectivity index (χ3v) is 4.47. The van der Waals surface area contributed by atoms with Gasteiger partial charge in [0.2, 0.25) is 0 Å². The molecule has 2 aliphatic carbocycles. The van der Waals surface area contributed by atoms with Crippen molar-refractivity contribution in [2.24, 2.45) is 11.8 Å². The van der Waals surface area contributed by atoms with Crippen LogP contribution in [0.1, 0.15) is 55.4 Å².